The van der Waals surface area contributed by atoms with Crippen molar-refractivity contribution < 1.29 is 4.79 Å². The number of carbonyl (C=O) groups excluding carboxylic acids is 1. The van der Waals surface area contributed by atoms with Crippen molar-refractivity contribution >= 4 is 5.78 Å². The topological polar surface area (TPSA) is 17.1 Å². The van der Waals surface area contributed by atoms with Crippen LogP contribution in [-0.2, 0) is 4.79 Å². The van der Waals surface area contributed by atoms with E-state index in [9.17, 15) is 4.79 Å². The van der Waals surface area contributed by atoms with Crippen LogP contribution >= 0.6 is 0 Å². The molecule has 0 N–H and O–H groups in total. The lowest BCUT2D eigenvalue weighted by molar-refractivity contribution is -0.118. The van der Waals surface area contributed by atoms with Crippen LogP contribution in [0.1, 0.15) is 32.1 Å². The lowest BCUT2D eigenvalue weighted by Crippen LogP contribution is -2.13. The van der Waals surface area contributed by atoms with Crippen LogP contribution in [0.4, 0.5) is 0 Å². The Balaban J connectivity index is 2.11. The van der Waals surface area contributed by atoms with Gasteiger partial charge in [0.1, 0.15) is 0 Å². The van der Waals surface area contributed by atoms with Gasteiger partial charge >= 0.3 is 0 Å². The van der Waals surface area contributed by atoms with E-state index in [4.69, 9.17) is 0 Å². The Morgan fingerprint density at radius 1 is 1.18 bits per heavy atom. The Bertz CT molecular complexity index is 193. The molecule has 0 amide bonds. The molecule has 0 aromatic carbocycles. The van der Waals surface area contributed by atoms with Crippen LogP contribution in [0.3, 0.4) is 0 Å². The van der Waals surface area contributed by atoms with E-state index in [2.05, 4.69) is 6.08 Å². The molecule has 1 nitrogen and oxygen atoms in total. The largest absolute Gasteiger partial charge is 0.295 e. The third-order valence-corrected chi connectivity index (χ3v) is 2.94. The standard InChI is InChI=1S/C10H14O/c11-10-7-6-8-4-2-1-3-5-9(8)10/h6-9H,1-5H2/t8-,9+/m0/s1. The van der Waals surface area contributed by atoms with Gasteiger partial charge in [0.15, 0.2) is 5.78 Å². The van der Waals surface area contributed by atoms with E-state index in [0.717, 1.165) is 6.42 Å². The Labute approximate surface area is 67.5 Å². The molecule has 1 saturated carbocycles. The van der Waals surface area contributed by atoms with Crippen LogP contribution in [0.25, 0.3) is 0 Å². The number of fused-ring (bicyclic) bond motifs is 1. The van der Waals surface area contributed by atoms with Crippen molar-refractivity contribution in [2.75, 3.05) is 0 Å². The number of rotatable bonds is 0. The highest BCUT2D eigenvalue weighted by Crippen LogP contribution is 2.34. The van der Waals surface area contributed by atoms with Gasteiger partial charge in [-0.05, 0) is 24.8 Å². The van der Waals surface area contributed by atoms with Crippen LogP contribution < -0.4 is 0 Å². The first-order chi connectivity index (χ1) is 5.38. The summed E-state index contributed by atoms with van der Waals surface area (Å²) in [6.45, 7) is 0. The number of allylic oxidation sites excluding steroid dienone is 2. The zero-order valence-electron chi connectivity index (χ0n) is 6.75. The van der Waals surface area contributed by atoms with Crippen LogP contribution in [0.15, 0.2) is 12.2 Å². The maximum absolute atomic E-state index is 11.3. The van der Waals surface area contributed by atoms with E-state index >= 15 is 0 Å². The summed E-state index contributed by atoms with van der Waals surface area (Å²) in [6, 6.07) is 0. The number of hydrogen-bond donors (Lipinski definition) is 0. The van der Waals surface area contributed by atoms with Crippen LogP contribution in [0.5, 0.6) is 0 Å². The van der Waals surface area contributed by atoms with Crippen molar-refractivity contribution in [1.29, 1.82) is 0 Å². The lowest BCUT2D eigenvalue weighted by Gasteiger charge is -2.12. The van der Waals surface area contributed by atoms with Crippen LogP contribution in [0, 0.1) is 11.8 Å². The third-order valence-electron chi connectivity index (χ3n) is 2.94. The van der Waals surface area contributed by atoms with Crippen LogP contribution in [0.2, 0.25) is 0 Å². The van der Waals surface area contributed by atoms with Crippen molar-refractivity contribution in [2.24, 2.45) is 11.8 Å². The Kier molecular flexibility index (Phi) is 1.80. The molecule has 0 unspecified atom stereocenters. The first-order valence-electron chi connectivity index (χ1n) is 4.60. The van der Waals surface area contributed by atoms with E-state index < -0.39 is 0 Å². The molecular weight excluding hydrogens is 136 g/mol. The zero-order valence-corrected chi connectivity index (χ0v) is 6.75. The summed E-state index contributed by atoms with van der Waals surface area (Å²) in [7, 11) is 0. The Morgan fingerprint density at radius 3 is 2.91 bits per heavy atom. The number of ketones is 1. The molecule has 0 radical (unpaired) electrons. The molecule has 1 fully saturated rings. The highest BCUT2D eigenvalue weighted by molar-refractivity contribution is 5.94. The van der Waals surface area contributed by atoms with Gasteiger partial charge in [-0.25, -0.2) is 0 Å². The molecule has 0 saturated heterocycles. The van der Waals surface area contributed by atoms with Gasteiger partial charge in [-0.3, -0.25) is 4.79 Å². The summed E-state index contributed by atoms with van der Waals surface area (Å²) in [6.07, 6.45) is 10.2. The summed E-state index contributed by atoms with van der Waals surface area (Å²) in [5.74, 6) is 1.36. The fourth-order valence-corrected chi connectivity index (χ4v) is 2.26. The fraction of sp³-hybridized carbons (Fsp3) is 0.700. The molecule has 2 atom stereocenters. The maximum atomic E-state index is 11.3. The monoisotopic (exact) mass is 150 g/mol. The van der Waals surface area contributed by atoms with Crippen molar-refractivity contribution in [3.8, 4) is 0 Å². The van der Waals surface area contributed by atoms with E-state index in [0.29, 0.717) is 17.6 Å². The van der Waals surface area contributed by atoms with E-state index in [-0.39, 0.29) is 0 Å². The lowest BCUT2D eigenvalue weighted by atomic mass is 9.90. The molecule has 2 aliphatic rings. The zero-order chi connectivity index (χ0) is 7.68. The fourth-order valence-electron chi connectivity index (χ4n) is 2.26. The molecule has 2 rings (SSSR count). The Hall–Kier alpha value is -0.590. The van der Waals surface area contributed by atoms with E-state index in [1.54, 1.807) is 6.08 Å². The van der Waals surface area contributed by atoms with Gasteiger partial charge in [0.25, 0.3) is 0 Å². The molecule has 2 aliphatic carbocycles. The second-order valence-corrected chi connectivity index (χ2v) is 3.67. The molecule has 11 heavy (non-hydrogen) atoms. The predicted molar refractivity (Wildman–Crippen MR) is 44.2 cm³/mol. The quantitative estimate of drug-likeness (QED) is 0.518. The van der Waals surface area contributed by atoms with E-state index in [1.807, 2.05) is 0 Å². The highest BCUT2D eigenvalue weighted by Gasteiger charge is 2.30. The van der Waals surface area contributed by atoms with Crippen LogP contribution in [-0.4, -0.2) is 5.78 Å². The molecule has 0 aromatic rings. The second-order valence-electron chi connectivity index (χ2n) is 3.67. The normalized spacial score (nSPS) is 36.9. The minimum Gasteiger partial charge on any atom is -0.295 e. The summed E-state index contributed by atoms with van der Waals surface area (Å²) in [4.78, 5) is 11.3. The van der Waals surface area contributed by atoms with Gasteiger partial charge in [-0.1, -0.05) is 25.3 Å². The minimum atomic E-state index is 0.373. The average Bonchev–Trinajstić information content (AvgIpc) is 2.25. The summed E-state index contributed by atoms with van der Waals surface area (Å²) >= 11 is 0. The molecule has 0 aromatic heterocycles. The maximum Gasteiger partial charge on any atom is 0.159 e. The molecule has 60 valence electrons. The summed E-state index contributed by atoms with van der Waals surface area (Å²) in [5.41, 5.74) is 0. The molecule has 1 heteroatoms. The third kappa shape index (κ3) is 1.24. The van der Waals surface area contributed by atoms with Crippen molar-refractivity contribution in [2.45, 2.75) is 32.1 Å². The van der Waals surface area contributed by atoms with Crippen molar-refractivity contribution in [3.05, 3.63) is 12.2 Å². The van der Waals surface area contributed by atoms with E-state index in [1.165, 1.54) is 25.7 Å². The van der Waals surface area contributed by atoms with Gasteiger partial charge in [0.05, 0.1) is 0 Å². The molecule has 0 spiro atoms. The number of hydrogen-bond acceptors (Lipinski definition) is 1. The summed E-state index contributed by atoms with van der Waals surface area (Å²) in [5, 5.41) is 0. The van der Waals surface area contributed by atoms with Crippen molar-refractivity contribution in [1.82, 2.24) is 0 Å². The summed E-state index contributed by atoms with van der Waals surface area (Å²) < 4.78 is 0. The van der Waals surface area contributed by atoms with Crippen molar-refractivity contribution in [3.63, 3.8) is 0 Å². The molecule has 0 aliphatic heterocycles. The smallest absolute Gasteiger partial charge is 0.159 e. The SMILES string of the molecule is O=C1C=C[C@@H]2CCCCC[C@@H]12. The van der Waals surface area contributed by atoms with Gasteiger partial charge in [-0.15, -0.1) is 0 Å². The molecule has 0 bridgehead atoms. The first kappa shape index (κ1) is 7.08. The predicted octanol–water partition coefficient (Wildman–Crippen LogP) is 2.32. The Morgan fingerprint density at radius 2 is 2.00 bits per heavy atom. The van der Waals surface area contributed by atoms with Gasteiger partial charge < -0.3 is 0 Å². The minimum absolute atomic E-state index is 0.373. The molecule has 0 heterocycles. The average molecular weight is 150 g/mol. The van der Waals surface area contributed by atoms with Gasteiger partial charge in [0.2, 0.25) is 0 Å². The van der Waals surface area contributed by atoms with Gasteiger partial charge in [-0.2, -0.15) is 0 Å². The van der Waals surface area contributed by atoms with Gasteiger partial charge in [0, 0.05) is 5.92 Å². The first-order valence-corrected chi connectivity index (χ1v) is 4.60. The molecular formula is C10H14O. The number of carbonyl (C=O) groups is 1. The highest BCUT2D eigenvalue weighted by atomic mass is 16.1. The second kappa shape index (κ2) is 2.80.